The quantitative estimate of drug-likeness (QED) is 0.827. The highest BCUT2D eigenvalue weighted by Crippen LogP contribution is 2.25. The molecule has 2 aromatic carbocycles. The van der Waals surface area contributed by atoms with Gasteiger partial charge in [-0.25, -0.2) is 4.39 Å². The second-order valence-electron chi connectivity index (χ2n) is 5.43. The number of halogens is 1. The van der Waals surface area contributed by atoms with E-state index < -0.39 is 0 Å². The third-order valence-electron chi connectivity index (χ3n) is 3.67. The number of nitrogens with zero attached hydrogens (tertiary/aromatic N) is 1. The number of nitrogens with one attached hydrogen (secondary N) is 1. The van der Waals surface area contributed by atoms with Crippen molar-refractivity contribution in [1.82, 2.24) is 4.90 Å². The maximum absolute atomic E-state index is 13.6. The van der Waals surface area contributed by atoms with E-state index in [0.29, 0.717) is 22.9 Å². The Morgan fingerprint density at radius 1 is 1.17 bits per heavy atom. The number of hydrogen-bond acceptors (Lipinski definition) is 3. The molecular weight excluding hydrogens is 327 g/mol. The summed E-state index contributed by atoms with van der Waals surface area (Å²) in [5.74, 6) is 1.20. The van der Waals surface area contributed by atoms with E-state index in [-0.39, 0.29) is 5.82 Å². The van der Waals surface area contributed by atoms with Crippen molar-refractivity contribution >= 4 is 23.0 Å². The molecule has 0 fully saturated rings. The minimum absolute atomic E-state index is 0.262. The van der Waals surface area contributed by atoms with Gasteiger partial charge in [0.15, 0.2) is 5.11 Å². The lowest BCUT2D eigenvalue weighted by molar-refractivity contribution is 0.384. The van der Waals surface area contributed by atoms with Gasteiger partial charge in [0, 0.05) is 30.9 Å². The average molecular weight is 348 g/mol. The van der Waals surface area contributed by atoms with Crippen molar-refractivity contribution in [2.45, 2.75) is 13.5 Å². The molecule has 128 valence electrons. The van der Waals surface area contributed by atoms with Crippen molar-refractivity contribution in [2.24, 2.45) is 0 Å². The Kier molecular flexibility index (Phi) is 5.98. The highest BCUT2D eigenvalue weighted by Gasteiger charge is 2.11. The predicted octanol–water partition coefficient (Wildman–Crippen LogP) is 3.98. The van der Waals surface area contributed by atoms with Gasteiger partial charge in [0.1, 0.15) is 17.3 Å². The van der Waals surface area contributed by atoms with Gasteiger partial charge < -0.3 is 19.7 Å². The molecule has 0 aliphatic carbocycles. The van der Waals surface area contributed by atoms with E-state index in [9.17, 15) is 4.39 Å². The summed E-state index contributed by atoms with van der Waals surface area (Å²) in [5, 5.41) is 3.54. The van der Waals surface area contributed by atoms with Crippen LogP contribution in [0.4, 0.5) is 10.1 Å². The van der Waals surface area contributed by atoms with Crippen LogP contribution in [0.25, 0.3) is 0 Å². The summed E-state index contributed by atoms with van der Waals surface area (Å²) in [6, 6.07) is 10.6. The number of hydrogen-bond donors (Lipinski definition) is 1. The molecule has 0 radical (unpaired) electrons. The fourth-order valence-corrected chi connectivity index (χ4v) is 2.38. The highest BCUT2D eigenvalue weighted by molar-refractivity contribution is 7.80. The zero-order chi connectivity index (χ0) is 17.7. The van der Waals surface area contributed by atoms with Crippen molar-refractivity contribution < 1.29 is 13.9 Å². The number of rotatable bonds is 5. The fraction of sp³-hybridized carbons (Fsp3) is 0.278. The number of aryl methyl sites for hydroxylation is 1. The van der Waals surface area contributed by atoms with Crippen molar-refractivity contribution in [3.05, 3.63) is 53.3 Å². The molecule has 0 bridgehead atoms. The second-order valence-corrected chi connectivity index (χ2v) is 5.81. The van der Waals surface area contributed by atoms with Gasteiger partial charge in [-0.2, -0.15) is 0 Å². The van der Waals surface area contributed by atoms with Crippen LogP contribution in [-0.2, 0) is 6.54 Å². The molecule has 0 aromatic heterocycles. The lowest BCUT2D eigenvalue weighted by Crippen LogP contribution is -2.30. The molecule has 1 N–H and O–H groups in total. The lowest BCUT2D eigenvalue weighted by atomic mass is 10.2. The van der Waals surface area contributed by atoms with Crippen LogP contribution in [0.3, 0.4) is 0 Å². The summed E-state index contributed by atoms with van der Waals surface area (Å²) in [6.07, 6.45) is 0. The van der Waals surface area contributed by atoms with Crippen LogP contribution >= 0.6 is 12.2 Å². The van der Waals surface area contributed by atoms with Crippen LogP contribution in [0.1, 0.15) is 11.1 Å². The third-order valence-corrected chi connectivity index (χ3v) is 4.09. The maximum atomic E-state index is 13.6. The van der Waals surface area contributed by atoms with E-state index in [1.807, 2.05) is 30.1 Å². The van der Waals surface area contributed by atoms with Gasteiger partial charge in [-0.15, -0.1) is 0 Å². The molecule has 0 atom stereocenters. The average Bonchev–Trinajstić information content (AvgIpc) is 2.58. The predicted molar refractivity (Wildman–Crippen MR) is 98.4 cm³/mol. The molecule has 2 rings (SSSR count). The van der Waals surface area contributed by atoms with Gasteiger partial charge in [0.2, 0.25) is 0 Å². The first-order valence-electron chi connectivity index (χ1n) is 7.43. The monoisotopic (exact) mass is 348 g/mol. The largest absolute Gasteiger partial charge is 0.497 e. The summed E-state index contributed by atoms with van der Waals surface area (Å²) in [6.45, 7) is 2.27. The fourth-order valence-electron chi connectivity index (χ4n) is 2.20. The van der Waals surface area contributed by atoms with Crippen molar-refractivity contribution in [3.8, 4) is 11.5 Å². The van der Waals surface area contributed by atoms with E-state index in [0.717, 1.165) is 17.1 Å². The van der Waals surface area contributed by atoms with E-state index in [2.05, 4.69) is 5.32 Å². The molecule has 0 spiro atoms. The molecule has 24 heavy (non-hydrogen) atoms. The first-order valence-corrected chi connectivity index (χ1v) is 7.84. The summed E-state index contributed by atoms with van der Waals surface area (Å²) in [5.41, 5.74) is 2.19. The molecule has 0 unspecified atom stereocenters. The zero-order valence-corrected chi connectivity index (χ0v) is 15.0. The van der Waals surface area contributed by atoms with Crippen LogP contribution in [0.15, 0.2) is 36.4 Å². The minimum atomic E-state index is -0.262. The van der Waals surface area contributed by atoms with Gasteiger partial charge in [0.05, 0.1) is 14.2 Å². The molecule has 0 aliphatic rings. The normalized spacial score (nSPS) is 10.2. The van der Waals surface area contributed by atoms with Crippen LogP contribution < -0.4 is 14.8 Å². The topological polar surface area (TPSA) is 33.7 Å². The van der Waals surface area contributed by atoms with E-state index in [1.165, 1.54) is 6.07 Å². The maximum Gasteiger partial charge on any atom is 0.173 e. The SMILES string of the molecule is COc1ccc(CN(C)C(=S)Nc2ccc(C)c(F)c2)c(OC)c1. The van der Waals surface area contributed by atoms with Crippen molar-refractivity contribution in [3.63, 3.8) is 0 Å². The van der Waals surface area contributed by atoms with Crippen molar-refractivity contribution in [1.29, 1.82) is 0 Å². The summed E-state index contributed by atoms with van der Waals surface area (Å²) in [4.78, 5) is 1.86. The van der Waals surface area contributed by atoms with Gasteiger partial charge in [-0.3, -0.25) is 0 Å². The van der Waals surface area contributed by atoms with Crippen LogP contribution in [0.5, 0.6) is 11.5 Å². The highest BCUT2D eigenvalue weighted by atomic mass is 32.1. The number of ether oxygens (including phenoxy) is 2. The number of benzene rings is 2. The first kappa shape index (κ1) is 18.0. The Bertz CT molecular complexity index is 737. The van der Waals surface area contributed by atoms with Crippen LogP contribution in [0, 0.1) is 12.7 Å². The number of methoxy groups -OCH3 is 2. The van der Waals surface area contributed by atoms with Gasteiger partial charge in [0.25, 0.3) is 0 Å². The summed E-state index contributed by atoms with van der Waals surface area (Å²) in [7, 11) is 5.09. The molecule has 0 saturated heterocycles. The smallest absolute Gasteiger partial charge is 0.173 e. The molecule has 2 aromatic rings. The Morgan fingerprint density at radius 3 is 2.54 bits per heavy atom. The van der Waals surface area contributed by atoms with Gasteiger partial charge in [-0.1, -0.05) is 6.07 Å². The Morgan fingerprint density at radius 2 is 1.92 bits per heavy atom. The van der Waals surface area contributed by atoms with E-state index >= 15 is 0 Å². The standard InChI is InChI=1S/C18H21FN2O2S/c1-12-5-7-14(9-16(12)19)20-18(24)21(2)11-13-6-8-15(22-3)10-17(13)23-4/h5-10H,11H2,1-4H3,(H,20,24). The van der Waals surface area contributed by atoms with Crippen LogP contribution in [0.2, 0.25) is 0 Å². The summed E-state index contributed by atoms with van der Waals surface area (Å²) < 4.78 is 24.2. The molecule has 6 heteroatoms. The molecule has 0 aliphatic heterocycles. The van der Waals surface area contributed by atoms with Gasteiger partial charge in [-0.05, 0) is 49.0 Å². The zero-order valence-electron chi connectivity index (χ0n) is 14.2. The lowest BCUT2D eigenvalue weighted by Gasteiger charge is -2.22. The number of anilines is 1. The molecule has 0 saturated carbocycles. The first-order chi connectivity index (χ1) is 11.4. The second kappa shape index (κ2) is 7.97. The molecule has 0 amide bonds. The Labute approximate surface area is 147 Å². The molecule has 4 nitrogen and oxygen atoms in total. The molecule has 0 heterocycles. The Balaban J connectivity index is 2.07. The number of thiocarbonyl (C=S) groups is 1. The molecular formula is C18H21FN2O2S. The van der Waals surface area contributed by atoms with Crippen molar-refractivity contribution in [2.75, 3.05) is 26.6 Å². The summed E-state index contributed by atoms with van der Waals surface area (Å²) >= 11 is 5.39. The van der Waals surface area contributed by atoms with E-state index in [4.69, 9.17) is 21.7 Å². The third kappa shape index (κ3) is 4.35. The van der Waals surface area contributed by atoms with E-state index in [1.54, 1.807) is 33.3 Å². The van der Waals surface area contributed by atoms with Gasteiger partial charge >= 0.3 is 0 Å². The minimum Gasteiger partial charge on any atom is -0.497 e. The van der Waals surface area contributed by atoms with Crippen LogP contribution in [-0.4, -0.2) is 31.3 Å². The Hall–Kier alpha value is -2.34.